The van der Waals surface area contributed by atoms with Crippen LogP contribution in [0.5, 0.6) is 5.88 Å². The highest BCUT2D eigenvalue weighted by Crippen LogP contribution is 2.10. The van der Waals surface area contributed by atoms with Crippen LogP contribution in [-0.2, 0) is 9.53 Å². The first-order valence-electron chi connectivity index (χ1n) is 6.10. The van der Waals surface area contributed by atoms with Crippen LogP contribution in [0.2, 0.25) is 5.02 Å². The summed E-state index contributed by atoms with van der Waals surface area (Å²) < 4.78 is 10.7. The lowest BCUT2D eigenvalue weighted by atomic mass is 10.3. The summed E-state index contributed by atoms with van der Waals surface area (Å²) in [4.78, 5) is 15.7. The van der Waals surface area contributed by atoms with Gasteiger partial charge in [0, 0.05) is 25.4 Å². The Morgan fingerprint density at radius 3 is 3.21 bits per heavy atom. The SMILES string of the molecule is O=C(NCCOc1ccc(Cl)cn1)C1CNCCO1. The van der Waals surface area contributed by atoms with Gasteiger partial charge in [-0.3, -0.25) is 4.79 Å². The van der Waals surface area contributed by atoms with E-state index < -0.39 is 6.10 Å². The topological polar surface area (TPSA) is 72.5 Å². The number of hydrogen-bond acceptors (Lipinski definition) is 5. The molecule has 7 heteroatoms. The van der Waals surface area contributed by atoms with E-state index in [4.69, 9.17) is 21.1 Å². The first kappa shape index (κ1) is 14.0. The molecule has 19 heavy (non-hydrogen) atoms. The van der Waals surface area contributed by atoms with Gasteiger partial charge in [-0.05, 0) is 6.07 Å². The molecule has 0 spiro atoms. The minimum atomic E-state index is -0.414. The summed E-state index contributed by atoms with van der Waals surface area (Å²) in [6, 6.07) is 3.38. The molecule has 1 atom stereocenters. The maximum absolute atomic E-state index is 11.7. The highest BCUT2D eigenvalue weighted by atomic mass is 35.5. The molecule has 104 valence electrons. The van der Waals surface area contributed by atoms with E-state index in [-0.39, 0.29) is 5.91 Å². The Hall–Kier alpha value is -1.37. The average Bonchev–Trinajstić information content (AvgIpc) is 2.46. The van der Waals surface area contributed by atoms with E-state index in [0.717, 1.165) is 6.54 Å². The van der Waals surface area contributed by atoms with Gasteiger partial charge < -0.3 is 20.1 Å². The molecule has 2 N–H and O–H groups in total. The molecule has 0 aromatic carbocycles. The Morgan fingerprint density at radius 1 is 1.63 bits per heavy atom. The lowest BCUT2D eigenvalue weighted by molar-refractivity contribution is -0.134. The van der Waals surface area contributed by atoms with Crippen molar-refractivity contribution in [1.82, 2.24) is 15.6 Å². The second-order valence-electron chi connectivity index (χ2n) is 4.02. The third-order valence-corrected chi connectivity index (χ3v) is 2.80. The van der Waals surface area contributed by atoms with Crippen LogP contribution in [0.4, 0.5) is 0 Å². The molecule has 0 bridgehead atoms. The predicted molar refractivity (Wildman–Crippen MR) is 70.4 cm³/mol. The maximum atomic E-state index is 11.7. The number of halogens is 1. The zero-order valence-corrected chi connectivity index (χ0v) is 11.2. The van der Waals surface area contributed by atoms with Crippen LogP contribution in [0.1, 0.15) is 0 Å². The smallest absolute Gasteiger partial charge is 0.250 e. The van der Waals surface area contributed by atoms with Gasteiger partial charge in [-0.15, -0.1) is 0 Å². The van der Waals surface area contributed by atoms with Crippen molar-refractivity contribution in [3.63, 3.8) is 0 Å². The van der Waals surface area contributed by atoms with Crippen molar-refractivity contribution in [2.24, 2.45) is 0 Å². The van der Waals surface area contributed by atoms with Gasteiger partial charge in [0.05, 0.1) is 18.2 Å². The molecule has 1 aromatic heterocycles. The molecule has 2 rings (SSSR count). The summed E-state index contributed by atoms with van der Waals surface area (Å²) >= 11 is 5.71. The van der Waals surface area contributed by atoms with Crippen LogP contribution < -0.4 is 15.4 Å². The van der Waals surface area contributed by atoms with Crippen LogP contribution in [0.25, 0.3) is 0 Å². The Morgan fingerprint density at radius 2 is 2.53 bits per heavy atom. The summed E-state index contributed by atoms with van der Waals surface area (Å²) in [7, 11) is 0. The Balaban J connectivity index is 1.63. The largest absolute Gasteiger partial charge is 0.476 e. The fourth-order valence-corrected chi connectivity index (χ4v) is 1.74. The van der Waals surface area contributed by atoms with Crippen molar-refractivity contribution >= 4 is 17.5 Å². The number of nitrogens with one attached hydrogen (secondary N) is 2. The van der Waals surface area contributed by atoms with Gasteiger partial charge in [0.15, 0.2) is 0 Å². The molecule has 0 saturated carbocycles. The molecule has 6 nitrogen and oxygen atoms in total. The number of rotatable bonds is 5. The molecular formula is C12H16ClN3O3. The highest BCUT2D eigenvalue weighted by molar-refractivity contribution is 6.30. The number of hydrogen-bond donors (Lipinski definition) is 2. The number of amides is 1. The van der Waals surface area contributed by atoms with Crippen molar-refractivity contribution in [3.05, 3.63) is 23.4 Å². The average molecular weight is 286 g/mol. The van der Waals surface area contributed by atoms with Crippen LogP contribution in [0.3, 0.4) is 0 Å². The van der Waals surface area contributed by atoms with E-state index >= 15 is 0 Å². The van der Waals surface area contributed by atoms with Gasteiger partial charge in [-0.1, -0.05) is 11.6 Å². The van der Waals surface area contributed by atoms with Crippen molar-refractivity contribution in [2.75, 3.05) is 32.8 Å². The van der Waals surface area contributed by atoms with Crippen molar-refractivity contribution in [3.8, 4) is 5.88 Å². The summed E-state index contributed by atoms with van der Waals surface area (Å²) in [5.74, 6) is 0.356. The van der Waals surface area contributed by atoms with E-state index in [0.29, 0.717) is 37.2 Å². The molecule has 0 radical (unpaired) electrons. The van der Waals surface area contributed by atoms with Gasteiger partial charge in [0.2, 0.25) is 5.88 Å². The molecule has 1 aliphatic rings. The zero-order valence-electron chi connectivity index (χ0n) is 10.4. The number of morpholine rings is 1. The van der Waals surface area contributed by atoms with Gasteiger partial charge in [0.1, 0.15) is 12.7 Å². The van der Waals surface area contributed by atoms with E-state index in [1.807, 2.05) is 0 Å². The number of aromatic nitrogens is 1. The fraction of sp³-hybridized carbons (Fsp3) is 0.500. The maximum Gasteiger partial charge on any atom is 0.250 e. The Bertz CT molecular complexity index is 407. The Kier molecular flexibility index (Phi) is 5.38. The predicted octanol–water partition coefficient (Wildman–Crippen LogP) is 0.218. The van der Waals surface area contributed by atoms with Crippen molar-refractivity contribution in [1.29, 1.82) is 0 Å². The van der Waals surface area contributed by atoms with Crippen molar-refractivity contribution < 1.29 is 14.3 Å². The number of carbonyl (C=O) groups is 1. The Labute approximate surface area is 116 Å². The van der Waals surface area contributed by atoms with Crippen LogP contribution in [0.15, 0.2) is 18.3 Å². The number of ether oxygens (including phenoxy) is 2. The van der Waals surface area contributed by atoms with E-state index in [1.54, 1.807) is 12.1 Å². The molecule has 1 aromatic rings. The minimum absolute atomic E-state index is 0.125. The quantitative estimate of drug-likeness (QED) is 0.757. The fourth-order valence-electron chi connectivity index (χ4n) is 1.63. The van der Waals surface area contributed by atoms with Gasteiger partial charge in [-0.25, -0.2) is 4.98 Å². The molecule has 1 aliphatic heterocycles. The summed E-state index contributed by atoms with van der Waals surface area (Å²) in [5.41, 5.74) is 0. The molecule has 1 fully saturated rings. The van der Waals surface area contributed by atoms with E-state index in [1.165, 1.54) is 6.20 Å². The van der Waals surface area contributed by atoms with E-state index in [2.05, 4.69) is 15.6 Å². The summed E-state index contributed by atoms with van der Waals surface area (Å²) in [6.07, 6.45) is 1.10. The highest BCUT2D eigenvalue weighted by Gasteiger charge is 2.20. The minimum Gasteiger partial charge on any atom is -0.476 e. The lowest BCUT2D eigenvalue weighted by Crippen LogP contribution is -2.48. The molecular weight excluding hydrogens is 270 g/mol. The number of pyridine rings is 1. The monoisotopic (exact) mass is 285 g/mol. The number of nitrogens with zero attached hydrogens (tertiary/aromatic N) is 1. The van der Waals surface area contributed by atoms with Crippen LogP contribution in [0, 0.1) is 0 Å². The second-order valence-corrected chi connectivity index (χ2v) is 4.45. The normalized spacial score (nSPS) is 18.9. The van der Waals surface area contributed by atoms with Crippen molar-refractivity contribution in [2.45, 2.75) is 6.10 Å². The first-order chi connectivity index (χ1) is 9.25. The first-order valence-corrected chi connectivity index (χ1v) is 6.48. The third kappa shape index (κ3) is 4.66. The molecule has 1 unspecified atom stereocenters. The third-order valence-electron chi connectivity index (χ3n) is 2.57. The van der Waals surface area contributed by atoms with Gasteiger partial charge in [-0.2, -0.15) is 0 Å². The molecule has 2 heterocycles. The van der Waals surface area contributed by atoms with Crippen LogP contribution in [-0.4, -0.2) is 49.8 Å². The van der Waals surface area contributed by atoms with E-state index in [9.17, 15) is 4.79 Å². The zero-order chi connectivity index (χ0) is 13.5. The molecule has 1 amide bonds. The standard InChI is InChI=1S/C12H16ClN3O3/c13-9-1-2-11(16-7-9)19-6-4-15-12(17)10-8-14-3-5-18-10/h1-2,7,10,14H,3-6,8H2,(H,15,17). The summed E-state index contributed by atoms with van der Waals surface area (Å²) in [6.45, 7) is 2.65. The molecule has 1 saturated heterocycles. The molecule has 0 aliphatic carbocycles. The lowest BCUT2D eigenvalue weighted by Gasteiger charge is -2.22. The van der Waals surface area contributed by atoms with Crippen LogP contribution >= 0.6 is 11.6 Å². The number of carbonyl (C=O) groups excluding carboxylic acids is 1. The second kappa shape index (κ2) is 7.28. The van der Waals surface area contributed by atoms with Gasteiger partial charge >= 0.3 is 0 Å². The van der Waals surface area contributed by atoms with Gasteiger partial charge in [0.25, 0.3) is 5.91 Å². The summed E-state index contributed by atoms with van der Waals surface area (Å²) in [5, 5.41) is 6.41.